The highest BCUT2D eigenvalue weighted by molar-refractivity contribution is 6.31. The molecule has 1 aliphatic rings. The molecule has 1 fully saturated rings. The third-order valence-electron chi connectivity index (χ3n) is 6.39. The lowest BCUT2D eigenvalue weighted by Crippen LogP contribution is -2.55. The van der Waals surface area contributed by atoms with E-state index in [1.165, 1.54) is 11.1 Å². The van der Waals surface area contributed by atoms with Gasteiger partial charge in [0.1, 0.15) is 5.54 Å². The molecule has 4 rings (SSSR count). The van der Waals surface area contributed by atoms with Gasteiger partial charge in [-0.2, -0.15) is 0 Å². The molecule has 0 bridgehead atoms. The number of rotatable bonds is 6. The highest BCUT2D eigenvalue weighted by Gasteiger charge is 2.48. The van der Waals surface area contributed by atoms with E-state index in [1.54, 1.807) is 37.4 Å². The van der Waals surface area contributed by atoms with Gasteiger partial charge in [-0.05, 0) is 37.3 Å². The molecule has 1 unspecified atom stereocenters. The van der Waals surface area contributed by atoms with Gasteiger partial charge in [0.25, 0.3) is 11.6 Å². The van der Waals surface area contributed by atoms with Crippen molar-refractivity contribution in [1.82, 2.24) is 15.0 Å². The third-order valence-corrected chi connectivity index (χ3v) is 6.72. The Morgan fingerprint density at radius 2 is 2.03 bits per heavy atom. The van der Waals surface area contributed by atoms with Gasteiger partial charge in [0.2, 0.25) is 0 Å². The molecule has 0 radical (unpaired) electrons. The van der Waals surface area contributed by atoms with Crippen LogP contribution in [0, 0.1) is 0 Å². The van der Waals surface area contributed by atoms with E-state index in [1.807, 2.05) is 13.8 Å². The molecule has 1 atom stereocenters. The molecule has 9 heteroatoms. The summed E-state index contributed by atoms with van der Waals surface area (Å²) in [5.74, 6) is -1.19. The average molecular weight is 484 g/mol. The van der Waals surface area contributed by atoms with E-state index >= 15 is 0 Å². The number of esters is 1. The Morgan fingerprint density at radius 1 is 1.26 bits per heavy atom. The normalized spacial score (nSPS) is 18.3. The number of aromatic nitrogens is 2. The number of nitrogens with zero attached hydrogens (tertiary/aromatic N) is 3. The lowest BCUT2D eigenvalue weighted by molar-refractivity contribution is -0.150. The van der Waals surface area contributed by atoms with E-state index in [4.69, 9.17) is 20.9 Å². The summed E-state index contributed by atoms with van der Waals surface area (Å²) in [6.45, 7) is 3.39. The molecule has 8 nitrogen and oxygen atoms in total. The van der Waals surface area contributed by atoms with Crippen molar-refractivity contribution in [3.05, 3.63) is 58.4 Å². The van der Waals surface area contributed by atoms with Crippen LogP contribution in [0.1, 0.15) is 67.1 Å². The van der Waals surface area contributed by atoms with Gasteiger partial charge in [-0.15, -0.1) is 0 Å². The Morgan fingerprint density at radius 3 is 2.74 bits per heavy atom. The number of hydrogen-bond acceptors (Lipinski definition) is 7. The molecule has 0 N–H and O–H groups in total. The fourth-order valence-electron chi connectivity index (χ4n) is 4.53. The Hall–Kier alpha value is -3.26. The zero-order chi connectivity index (χ0) is 24.5. The van der Waals surface area contributed by atoms with Gasteiger partial charge in [0.15, 0.2) is 12.4 Å². The number of Topliss-reactive ketones (excluding diaryl/α,β-unsaturated/α-hetero) is 1. The van der Waals surface area contributed by atoms with Crippen molar-refractivity contribution in [2.75, 3.05) is 13.7 Å². The Labute approximate surface area is 202 Å². The van der Waals surface area contributed by atoms with Gasteiger partial charge in [-0.3, -0.25) is 9.59 Å². The van der Waals surface area contributed by atoms with Crippen LogP contribution in [0.5, 0.6) is 0 Å². The topological polar surface area (TPSA) is 103 Å². The highest BCUT2D eigenvalue weighted by Crippen LogP contribution is 2.42. The van der Waals surface area contributed by atoms with Crippen LogP contribution >= 0.6 is 11.6 Å². The first-order chi connectivity index (χ1) is 16.3. The van der Waals surface area contributed by atoms with Crippen LogP contribution in [0.3, 0.4) is 0 Å². The van der Waals surface area contributed by atoms with Crippen LogP contribution in [-0.4, -0.2) is 46.4 Å². The molecule has 34 heavy (non-hydrogen) atoms. The van der Waals surface area contributed by atoms with E-state index in [0.717, 1.165) is 12.8 Å². The first kappa shape index (κ1) is 23.9. The van der Waals surface area contributed by atoms with Crippen molar-refractivity contribution in [2.24, 2.45) is 0 Å². The number of hydrogen-bond donors (Lipinski definition) is 0. The van der Waals surface area contributed by atoms with Crippen LogP contribution in [0.25, 0.3) is 11.1 Å². The molecular formula is C25H26ClN3O5. The van der Waals surface area contributed by atoms with Crippen molar-refractivity contribution in [3.63, 3.8) is 0 Å². The predicted octanol–water partition coefficient (Wildman–Crippen LogP) is 4.65. The summed E-state index contributed by atoms with van der Waals surface area (Å²) in [7, 11) is 1.56. The Bertz CT molecular complexity index is 1250. The van der Waals surface area contributed by atoms with Crippen molar-refractivity contribution >= 4 is 40.4 Å². The summed E-state index contributed by atoms with van der Waals surface area (Å²) >= 11 is 6.45. The predicted molar refractivity (Wildman–Crippen MR) is 126 cm³/mol. The van der Waals surface area contributed by atoms with Crippen LogP contribution in [0.4, 0.5) is 0 Å². The smallest absolute Gasteiger partial charge is 0.340 e. The van der Waals surface area contributed by atoms with Gasteiger partial charge < -0.3 is 14.2 Å². The molecule has 1 saturated carbocycles. The molecular weight excluding hydrogens is 458 g/mol. The number of amides is 1. The molecule has 178 valence electrons. The largest absolute Gasteiger partial charge is 0.452 e. The van der Waals surface area contributed by atoms with Gasteiger partial charge in [-0.25, -0.2) is 9.78 Å². The summed E-state index contributed by atoms with van der Waals surface area (Å²) in [6.07, 6.45) is 3.67. The minimum Gasteiger partial charge on any atom is -0.452 e. The zero-order valence-electron chi connectivity index (χ0n) is 19.3. The second kappa shape index (κ2) is 9.54. The molecule has 0 saturated heterocycles. The van der Waals surface area contributed by atoms with Crippen LogP contribution in [-0.2, 0) is 19.9 Å². The van der Waals surface area contributed by atoms with Gasteiger partial charge in [0.05, 0.1) is 16.6 Å². The number of pyridine rings is 1. The van der Waals surface area contributed by atoms with Gasteiger partial charge >= 0.3 is 5.97 Å². The summed E-state index contributed by atoms with van der Waals surface area (Å²) < 4.78 is 10.5. The molecule has 0 spiro atoms. The number of ketones is 1. The monoisotopic (exact) mass is 483 g/mol. The van der Waals surface area contributed by atoms with Crippen molar-refractivity contribution in [2.45, 2.75) is 51.0 Å². The number of halogens is 1. The molecule has 1 aromatic carbocycles. The molecule has 1 amide bonds. The average Bonchev–Trinajstić information content (AvgIpc) is 3.26. The third kappa shape index (κ3) is 4.18. The summed E-state index contributed by atoms with van der Waals surface area (Å²) in [5, 5.41) is 5.05. The second-order valence-electron chi connectivity index (χ2n) is 8.80. The minimum absolute atomic E-state index is 0.0719. The van der Waals surface area contributed by atoms with E-state index in [9.17, 15) is 14.4 Å². The number of benzene rings is 1. The van der Waals surface area contributed by atoms with Crippen LogP contribution < -0.4 is 0 Å². The molecule has 3 aromatic rings. The molecule has 2 heterocycles. The number of carbonyl (C=O) groups is 3. The zero-order valence-corrected chi connectivity index (χ0v) is 20.1. The summed E-state index contributed by atoms with van der Waals surface area (Å²) in [4.78, 5) is 44.5. The van der Waals surface area contributed by atoms with Crippen molar-refractivity contribution < 1.29 is 23.6 Å². The van der Waals surface area contributed by atoms with Crippen LogP contribution in [0.15, 0.2) is 41.1 Å². The molecule has 0 aliphatic heterocycles. The van der Waals surface area contributed by atoms with Crippen molar-refractivity contribution in [3.8, 4) is 0 Å². The lowest BCUT2D eigenvalue weighted by atomic mass is 9.74. The first-order valence-electron chi connectivity index (χ1n) is 11.2. The van der Waals surface area contributed by atoms with Gasteiger partial charge in [0, 0.05) is 30.3 Å². The summed E-state index contributed by atoms with van der Waals surface area (Å²) in [6, 6.07) is 8.65. The minimum atomic E-state index is -1.19. The van der Waals surface area contributed by atoms with Crippen LogP contribution in [0.2, 0.25) is 5.02 Å². The second-order valence-corrected chi connectivity index (χ2v) is 9.21. The van der Waals surface area contributed by atoms with E-state index in [2.05, 4.69) is 10.1 Å². The maximum atomic E-state index is 13.2. The number of ether oxygens (including phenoxy) is 1. The maximum Gasteiger partial charge on any atom is 0.340 e. The fourth-order valence-corrected chi connectivity index (χ4v) is 4.82. The standard InChI is InChI=1S/C25H26ClN3O5/c1-15(2)22-17-12-16(13-27-23(17)34-28-22)24(32)33-14-21(31)29(3)25(11-7-6-10-20(25)30)18-8-4-5-9-19(18)26/h4-5,8-9,12-13,15H,6-7,10-11,14H2,1-3H3. The lowest BCUT2D eigenvalue weighted by Gasteiger charge is -2.43. The summed E-state index contributed by atoms with van der Waals surface area (Å²) in [5.41, 5.74) is 0.600. The number of carbonyl (C=O) groups excluding carboxylic acids is 3. The maximum absolute atomic E-state index is 13.2. The van der Waals surface area contributed by atoms with E-state index < -0.39 is 24.0 Å². The Balaban J connectivity index is 1.54. The van der Waals surface area contributed by atoms with E-state index in [-0.39, 0.29) is 17.3 Å². The van der Waals surface area contributed by atoms with E-state index in [0.29, 0.717) is 40.2 Å². The molecule has 1 aliphatic carbocycles. The molecule has 2 aromatic heterocycles. The van der Waals surface area contributed by atoms with Gasteiger partial charge in [-0.1, -0.05) is 48.8 Å². The SMILES string of the molecule is CC(C)c1noc2ncc(C(=O)OCC(=O)N(C)C3(c4ccccc4Cl)CCCCC3=O)cc12. The fraction of sp³-hybridized carbons (Fsp3) is 0.400. The quantitative estimate of drug-likeness (QED) is 0.470. The van der Waals surface area contributed by atoms with Crippen molar-refractivity contribution in [1.29, 1.82) is 0 Å². The Kier molecular flexibility index (Phi) is 6.70. The first-order valence-corrected chi connectivity index (χ1v) is 11.6. The number of likely N-dealkylation sites (N-methyl/N-ethyl adjacent to an activating group) is 1. The highest BCUT2D eigenvalue weighted by atomic mass is 35.5. The number of fused-ring (bicyclic) bond motifs is 1.